The maximum Gasteiger partial charge on any atom is 0.240 e. The molecule has 2 N–H and O–H groups in total. The minimum absolute atomic E-state index is 0.00313. The normalized spacial score (nSPS) is 10.6. The topological polar surface area (TPSA) is 89.0 Å². The van der Waals surface area contributed by atoms with Crippen LogP contribution in [-0.4, -0.2) is 32.2 Å². The van der Waals surface area contributed by atoms with Crippen LogP contribution in [-0.2, 0) is 9.59 Å². The molecule has 0 bridgehead atoms. The molecule has 2 aromatic carbocycles. The molecule has 2 amide bonds. The van der Waals surface area contributed by atoms with E-state index in [1.807, 2.05) is 0 Å². The number of nitrogens with one attached hydrogen (secondary N) is 2. The fraction of sp³-hybridized carbons (Fsp3) is 0.211. The molecule has 0 saturated carbocycles. The molecule has 0 saturated heterocycles. The smallest absolute Gasteiger partial charge is 0.240 e. The van der Waals surface area contributed by atoms with Crippen LogP contribution >= 0.6 is 27.5 Å². The maximum atomic E-state index is 11.9. The van der Waals surface area contributed by atoms with Gasteiger partial charge < -0.3 is 14.8 Å². The Balaban J connectivity index is 1.84. The van der Waals surface area contributed by atoms with Crippen LogP contribution in [0.2, 0.25) is 5.02 Å². The summed E-state index contributed by atoms with van der Waals surface area (Å²) in [6.45, 7) is 0. The largest absolute Gasteiger partial charge is 0.493 e. The van der Waals surface area contributed by atoms with Gasteiger partial charge >= 0.3 is 0 Å². The minimum Gasteiger partial charge on any atom is -0.493 e. The number of nitrogens with zero attached hydrogens (tertiary/aromatic N) is 1. The summed E-state index contributed by atoms with van der Waals surface area (Å²) < 4.78 is 11.2. The molecule has 0 aromatic heterocycles. The summed E-state index contributed by atoms with van der Waals surface area (Å²) in [7, 11) is 3.07. The maximum absolute atomic E-state index is 11.9. The highest BCUT2D eigenvalue weighted by Gasteiger charge is 2.09. The molecular weight excluding hydrogens is 450 g/mol. The van der Waals surface area contributed by atoms with E-state index < -0.39 is 0 Å². The first-order valence-corrected chi connectivity index (χ1v) is 9.39. The molecule has 0 fully saturated rings. The zero-order valence-electron chi connectivity index (χ0n) is 15.3. The number of hydrazone groups is 1. The van der Waals surface area contributed by atoms with Crippen molar-refractivity contribution in [1.82, 2.24) is 5.43 Å². The molecule has 0 radical (unpaired) electrons. The van der Waals surface area contributed by atoms with Crippen molar-refractivity contribution in [2.24, 2.45) is 5.10 Å². The van der Waals surface area contributed by atoms with Crippen molar-refractivity contribution in [3.8, 4) is 11.5 Å². The van der Waals surface area contributed by atoms with Gasteiger partial charge in [-0.2, -0.15) is 5.10 Å². The Labute approximate surface area is 176 Å². The summed E-state index contributed by atoms with van der Waals surface area (Å²) in [6, 6.07) is 10.2. The number of methoxy groups -OCH3 is 2. The van der Waals surface area contributed by atoms with E-state index in [2.05, 4.69) is 31.8 Å². The number of carbonyl (C=O) groups is 2. The van der Waals surface area contributed by atoms with Crippen LogP contribution in [0.3, 0.4) is 0 Å². The molecule has 0 heterocycles. The lowest BCUT2D eigenvalue weighted by molar-refractivity contribution is -0.124. The lowest BCUT2D eigenvalue weighted by atomic mass is 10.2. The molecule has 0 atom stereocenters. The number of hydrogen-bond acceptors (Lipinski definition) is 5. The van der Waals surface area contributed by atoms with Gasteiger partial charge in [0.1, 0.15) is 0 Å². The SMILES string of the molecule is COc1cc(Br)c(C=NNC(=O)CCC(=O)Nc2cccc(Cl)c2)cc1OC. The van der Waals surface area contributed by atoms with E-state index in [1.54, 1.807) is 43.5 Å². The van der Waals surface area contributed by atoms with Gasteiger partial charge in [0.05, 0.1) is 20.4 Å². The fourth-order valence-corrected chi connectivity index (χ4v) is 2.83. The van der Waals surface area contributed by atoms with Gasteiger partial charge in [0.2, 0.25) is 11.8 Å². The van der Waals surface area contributed by atoms with Crippen molar-refractivity contribution in [1.29, 1.82) is 0 Å². The molecule has 9 heteroatoms. The summed E-state index contributed by atoms with van der Waals surface area (Å²) in [4.78, 5) is 23.8. The third-order valence-corrected chi connectivity index (χ3v) is 4.51. The van der Waals surface area contributed by atoms with Crippen molar-refractivity contribution in [2.75, 3.05) is 19.5 Å². The second-order valence-electron chi connectivity index (χ2n) is 5.58. The number of hydrogen-bond donors (Lipinski definition) is 2. The third-order valence-electron chi connectivity index (χ3n) is 3.58. The second kappa shape index (κ2) is 10.7. The van der Waals surface area contributed by atoms with E-state index in [0.29, 0.717) is 27.8 Å². The van der Waals surface area contributed by atoms with Gasteiger partial charge in [0, 0.05) is 33.6 Å². The number of ether oxygens (including phenoxy) is 2. The van der Waals surface area contributed by atoms with E-state index in [1.165, 1.54) is 13.3 Å². The summed E-state index contributed by atoms with van der Waals surface area (Å²) in [5.41, 5.74) is 3.66. The summed E-state index contributed by atoms with van der Waals surface area (Å²) in [5.74, 6) is 0.440. The molecule has 0 unspecified atom stereocenters. The Morgan fingerprint density at radius 3 is 2.46 bits per heavy atom. The van der Waals surface area contributed by atoms with Crippen LogP contribution in [0.1, 0.15) is 18.4 Å². The highest BCUT2D eigenvalue weighted by Crippen LogP contribution is 2.32. The highest BCUT2D eigenvalue weighted by atomic mass is 79.9. The second-order valence-corrected chi connectivity index (χ2v) is 6.87. The monoisotopic (exact) mass is 467 g/mol. The number of rotatable bonds is 8. The molecule has 7 nitrogen and oxygen atoms in total. The molecule has 2 aromatic rings. The molecule has 28 heavy (non-hydrogen) atoms. The predicted molar refractivity (Wildman–Crippen MR) is 112 cm³/mol. The van der Waals surface area contributed by atoms with E-state index in [0.717, 1.165) is 4.47 Å². The van der Waals surface area contributed by atoms with Crippen LogP contribution in [0, 0.1) is 0 Å². The predicted octanol–water partition coefficient (Wildman–Crippen LogP) is 3.99. The van der Waals surface area contributed by atoms with E-state index in [4.69, 9.17) is 21.1 Å². The number of halogens is 2. The van der Waals surface area contributed by atoms with Gasteiger partial charge in [0.15, 0.2) is 11.5 Å². The Hall–Kier alpha value is -2.58. The lowest BCUT2D eigenvalue weighted by Crippen LogP contribution is -2.20. The number of anilines is 1. The van der Waals surface area contributed by atoms with Crippen LogP contribution in [0.5, 0.6) is 11.5 Å². The van der Waals surface area contributed by atoms with Crippen molar-refractivity contribution in [3.63, 3.8) is 0 Å². The van der Waals surface area contributed by atoms with E-state index in [-0.39, 0.29) is 24.7 Å². The van der Waals surface area contributed by atoms with Gasteiger partial charge in [0.25, 0.3) is 0 Å². The Bertz CT molecular complexity index is 889. The Kier molecular flexibility index (Phi) is 8.28. The zero-order chi connectivity index (χ0) is 20.5. The first-order valence-electron chi connectivity index (χ1n) is 8.21. The van der Waals surface area contributed by atoms with Gasteiger partial charge in [-0.05, 0) is 46.3 Å². The minimum atomic E-state index is -0.380. The van der Waals surface area contributed by atoms with Crippen molar-refractivity contribution < 1.29 is 19.1 Å². The number of carbonyl (C=O) groups excluding carboxylic acids is 2. The molecule has 0 aliphatic heterocycles. The quantitative estimate of drug-likeness (QED) is 0.453. The highest BCUT2D eigenvalue weighted by molar-refractivity contribution is 9.10. The standard InChI is InChI=1S/C19H19BrClN3O4/c1-27-16-8-12(15(20)10-17(16)28-2)11-22-24-19(26)7-6-18(25)23-14-5-3-4-13(21)9-14/h3-5,8-11H,6-7H2,1-2H3,(H,23,25)(H,24,26). The summed E-state index contributed by atoms with van der Waals surface area (Å²) in [5, 5.41) is 7.10. The van der Waals surface area contributed by atoms with Crippen LogP contribution in [0.4, 0.5) is 5.69 Å². The average Bonchev–Trinajstić information content (AvgIpc) is 2.67. The van der Waals surface area contributed by atoms with Gasteiger partial charge in [-0.15, -0.1) is 0 Å². The summed E-state index contributed by atoms with van der Waals surface area (Å²) >= 11 is 9.26. The van der Waals surface area contributed by atoms with Crippen molar-refractivity contribution in [3.05, 3.63) is 51.5 Å². The first kappa shape index (κ1) is 21.7. The van der Waals surface area contributed by atoms with E-state index in [9.17, 15) is 9.59 Å². The molecular formula is C19H19BrClN3O4. The molecule has 0 aliphatic carbocycles. The van der Waals surface area contributed by atoms with Crippen molar-refractivity contribution in [2.45, 2.75) is 12.8 Å². The number of amides is 2. The third kappa shape index (κ3) is 6.54. The fourth-order valence-electron chi connectivity index (χ4n) is 2.22. The average molecular weight is 469 g/mol. The Morgan fingerprint density at radius 1 is 1.11 bits per heavy atom. The molecule has 2 rings (SSSR count). The van der Waals surface area contributed by atoms with Crippen molar-refractivity contribution >= 4 is 51.2 Å². The molecule has 148 valence electrons. The summed E-state index contributed by atoms with van der Waals surface area (Å²) in [6.07, 6.45) is 1.49. The first-order chi connectivity index (χ1) is 13.4. The number of benzene rings is 2. The van der Waals surface area contributed by atoms with Crippen LogP contribution in [0.15, 0.2) is 46.0 Å². The van der Waals surface area contributed by atoms with Crippen LogP contribution < -0.4 is 20.2 Å². The van der Waals surface area contributed by atoms with E-state index >= 15 is 0 Å². The molecule has 0 aliphatic rings. The lowest BCUT2D eigenvalue weighted by Gasteiger charge is -2.09. The van der Waals surface area contributed by atoms with Gasteiger partial charge in [-0.25, -0.2) is 5.43 Å². The molecule has 0 spiro atoms. The van der Waals surface area contributed by atoms with Crippen LogP contribution in [0.25, 0.3) is 0 Å². The zero-order valence-corrected chi connectivity index (χ0v) is 17.6. The Morgan fingerprint density at radius 2 is 1.79 bits per heavy atom. The van der Waals surface area contributed by atoms with Gasteiger partial charge in [-0.1, -0.05) is 17.7 Å². The van der Waals surface area contributed by atoms with Gasteiger partial charge in [-0.3, -0.25) is 9.59 Å².